The molecule has 0 fully saturated rings. The molecule has 13 heavy (non-hydrogen) atoms. The van der Waals surface area contributed by atoms with Gasteiger partial charge in [-0.25, -0.2) is 4.79 Å². The van der Waals surface area contributed by atoms with E-state index in [0.29, 0.717) is 18.6 Å². The smallest absolute Gasteiger partial charge is 0.333 e. The van der Waals surface area contributed by atoms with Gasteiger partial charge in [0, 0.05) is 12.0 Å². The van der Waals surface area contributed by atoms with Crippen LogP contribution in [-0.2, 0) is 14.3 Å². The highest BCUT2D eigenvalue weighted by Crippen LogP contribution is 2.00. The minimum absolute atomic E-state index is 0.338. The van der Waals surface area contributed by atoms with Crippen LogP contribution < -0.4 is 0 Å². The van der Waals surface area contributed by atoms with Crippen molar-refractivity contribution < 1.29 is 14.3 Å². The van der Waals surface area contributed by atoms with E-state index in [9.17, 15) is 9.59 Å². The Morgan fingerprint density at radius 3 is 2.62 bits per heavy atom. The summed E-state index contributed by atoms with van der Waals surface area (Å²) in [5.41, 5.74) is 0.424. The minimum atomic E-state index is -0.338. The molecule has 3 nitrogen and oxygen atoms in total. The molecule has 0 atom stereocenters. The summed E-state index contributed by atoms with van der Waals surface area (Å²) >= 11 is 0. The summed E-state index contributed by atoms with van der Waals surface area (Å²) < 4.78 is 4.86. The molecule has 0 aliphatic heterocycles. The second-order valence-corrected chi connectivity index (χ2v) is 2.93. The largest absolute Gasteiger partial charge is 0.462 e. The zero-order chi connectivity index (χ0) is 10.1. The number of esters is 1. The molecule has 0 aromatic heterocycles. The first-order valence-electron chi connectivity index (χ1n) is 4.44. The number of hydrogen-bond acceptors (Lipinski definition) is 3. The number of unbranched alkanes of at least 4 members (excludes halogenated alkanes) is 3. The predicted octanol–water partition coefficient (Wildman–Crippen LogP) is 1.86. The Morgan fingerprint density at radius 2 is 2.08 bits per heavy atom. The maximum atomic E-state index is 10.9. The highest BCUT2D eigenvalue weighted by atomic mass is 16.5. The van der Waals surface area contributed by atoms with Crippen molar-refractivity contribution >= 4 is 12.3 Å². The molecule has 0 saturated heterocycles. The molecule has 0 spiro atoms. The average Bonchev–Trinajstić information content (AvgIpc) is 2.10. The highest BCUT2D eigenvalue weighted by Gasteiger charge is 2.01. The summed E-state index contributed by atoms with van der Waals surface area (Å²) in [6, 6.07) is 0. The Hall–Kier alpha value is -1.12. The lowest BCUT2D eigenvalue weighted by atomic mass is 10.2. The fourth-order valence-electron chi connectivity index (χ4n) is 0.795. The van der Waals surface area contributed by atoms with Gasteiger partial charge < -0.3 is 9.53 Å². The SMILES string of the molecule is C=C(C)C(=O)OCCCCCC=O. The van der Waals surface area contributed by atoms with E-state index in [0.717, 1.165) is 25.5 Å². The highest BCUT2D eigenvalue weighted by molar-refractivity contribution is 5.86. The number of carbonyl (C=O) groups is 2. The molecule has 0 radical (unpaired) electrons. The standard InChI is InChI=1S/C10H16O3/c1-9(2)10(12)13-8-6-4-3-5-7-11/h7H,1,3-6,8H2,2H3. The van der Waals surface area contributed by atoms with Gasteiger partial charge in [0.15, 0.2) is 0 Å². The van der Waals surface area contributed by atoms with Gasteiger partial charge in [-0.15, -0.1) is 0 Å². The number of aldehydes is 1. The van der Waals surface area contributed by atoms with Crippen LogP contribution in [0.15, 0.2) is 12.2 Å². The summed E-state index contributed by atoms with van der Waals surface area (Å²) in [5, 5.41) is 0. The van der Waals surface area contributed by atoms with Crippen LogP contribution >= 0.6 is 0 Å². The van der Waals surface area contributed by atoms with Crippen LogP contribution in [0.25, 0.3) is 0 Å². The zero-order valence-electron chi connectivity index (χ0n) is 8.04. The molecule has 0 aromatic carbocycles. The molecule has 0 saturated carbocycles. The van der Waals surface area contributed by atoms with Crippen molar-refractivity contribution in [3.63, 3.8) is 0 Å². The van der Waals surface area contributed by atoms with Gasteiger partial charge in [-0.3, -0.25) is 0 Å². The van der Waals surface area contributed by atoms with Gasteiger partial charge in [-0.2, -0.15) is 0 Å². The lowest BCUT2D eigenvalue weighted by Crippen LogP contribution is -2.05. The molecular weight excluding hydrogens is 168 g/mol. The minimum Gasteiger partial charge on any atom is -0.462 e. The molecule has 0 rings (SSSR count). The summed E-state index contributed by atoms with van der Waals surface area (Å²) in [4.78, 5) is 20.8. The van der Waals surface area contributed by atoms with E-state index in [1.54, 1.807) is 6.92 Å². The topological polar surface area (TPSA) is 43.4 Å². The molecule has 0 aromatic rings. The molecule has 3 heteroatoms. The molecule has 0 unspecified atom stereocenters. The van der Waals surface area contributed by atoms with Gasteiger partial charge >= 0.3 is 5.97 Å². The van der Waals surface area contributed by atoms with Gasteiger partial charge in [0.1, 0.15) is 6.29 Å². The van der Waals surface area contributed by atoms with E-state index in [-0.39, 0.29) is 5.97 Å². The molecule has 0 heterocycles. The van der Waals surface area contributed by atoms with Crippen LogP contribution in [0.3, 0.4) is 0 Å². The fraction of sp³-hybridized carbons (Fsp3) is 0.600. The van der Waals surface area contributed by atoms with Crippen LogP contribution in [0.2, 0.25) is 0 Å². The molecule has 0 bridgehead atoms. The lowest BCUT2D eigenvalue weighted by molar-refractivity contribution is -0.139. The van der Waals surface area contributed by atoms with Crippen molar-refractivity contribution in [2.24, 2.45) is 0 Å². The molecule has 0 amide bonds. The summed E-state index contributed by atoms with van der Waals surface area (Å²) in [7, 11) is 0. The maximum Gasteiger partial charge on any atom is 0.333 e. The molecule has 74 valence electrons. The molecular formula is C10H16O3. The first-order valence-corrected chi connectivity index (χ1v) is 4.44. The van der Waals surface area contributed by atoms with Crippen molar-refractivity contribution in [2.75, 3.05) is 6.61 Å². The lowest BCUT2D eigenvalue weighted by Gasteiger charge is -2.02. The van der Waals surface area contributed by atoms with Gasteiger partial charge in [-0.05, 0) is 26.2 Å². The summed E-state index contributed by atoms with van der Waals surface area (Å²) in [6.07, 6.45) is 4.09. The van der Waals surface area contributed by atoms with Crippen LogP contribution in [0.4, 0.5) is 0 Å². The van der Waals surface area contributed by atoms with Gasteiger partial charge in [0.05, 0.1) is 6.61 Å². The normalized spacial score (nSPS) is 9.31. The average molecular weight is 184 g/mol. The number of hydrogen-bond donors (Lipinski definition) is 0. The molecule has 0 N–H and O–H groups in total. The van der Waals surface area contributed by atoms with E-state index in [4.69, 9.17) is 4.74 Å². The van der Waals surface area contributed by atoms with Crippen molar-refractivity contribution in [1.29, 1.82) is 0 Å². The van der Waals surface area contributed by atoms with Gasteiger partial charge in [0.25, 0.3) is 0 Å². The van der Waals surface area contributed by atoms with E-state index in [2.05, 4.69) is 6.58 Å². The van der Waals surface area contributed by atoms with E-state index >= 15 is 0 Å². The van der Waals surface area contributed by atoms with Gasteiger partial charge in [-0.1, -0.05) is 6.58 Å². The maximum absolute atomic E-state index is 10.9. The van der Waals surface area contributed by atoms with Crippen molar-refractivity contribution in [2.45, 2.75) is 32.6 Å². The number of carbonyl (C=O) groups excluding carboxylic acids is 2. The van der Waals surface area contributed by atoms with E-state index in [1.807, 2.05) is 0 Å². The molecule has 0 aliphatic rings. The van der Waals surface area contributed by atoms with Crippen LogP contribution in [-0.4, -0.2) is 18.9 Å². The third-order valence-electron chi connectivity index (χ3n) is 1.55. The van der Waals surface area contributed by atoms with Crippen LogP contribution in [0.5, 0.6) is 0 Å². The van der Waals surface area contributed by atoms with Crippen molar-refractivity contribution in [3.05, 3.63) is 12.2 Å². The Kier molecular flexibility index (Phi) is 6.88. The third-order valence-corrected chi connectivity index (χ3v) is 1.55. The Morgan fingerprint density at radius 1 is 1.38 bits per heavy atom. The first kappa shape index (κ1) is 11.9. The van der Waals surface area contributed by atoms with Gasteiger partial charge in [0.2, 0.25) is 0 Å². The third kappa shape index (κ3) is 7.25. The summed E-state index contributed by atoms with van der Waals surface area (Å²) in [5.74, 6) is -0.338. The first-order chi connectivity index (χ1) is 6.18. The second kappa shape index (κ2) is 7.53. The second-order valence-electron chi connectivity index (χ2n) is 2.93. The predicted molar refractivity (Wildman–Crippen MR) is 50.3 cm³/mol. The Balaban J connectivity index is 3.21. The molecule has 0 aliphatic carbocycles. The summed E-state index contributed by atoms with van der Waals surface area (Å²) in [6.45, 7) is 5.50. The monoisotopic (exact) mass is 184 g/mol. The Bertz CT molecular complexity index is 185. The fourth-order valence-corrected chi connectivity index (χ4v) is 0.795. The van der Waals surface area contributed by atoms with E-state index < -0.39 is 0 Å². The zero-order valence-corrected chi connectivity index (χ0v) is 8.04. The number of ether oxygens (including phenoxy) is 1. The van der Waals surface area contributed by atoms with Crippen molar-refractivity contribution in [3.8, 4) is 0 Å². The van der Waals surface area contributed by atoms with Crippen LogP contribution in [0, 0.1) is 0 Å². The van der Waals surface area contributed by atoms with E-state index in [1.165, 1.54) is 0 Å². The quantitative estimate of drug-likeness (QED) is 0.262. The number of rotatable bonds is 7. The van der Waals surface area contributed by atoms with Crippen molar-refractivity contribution in [1.82, 2.24) is 0 Å². The van der Waals surface area contributed by atoms with Crippen LogP contribution in [0.1, 0.15) is 32.6 Å². The Labute approximate surface area is 78.8 Å².